The van der Waals surface area contributed by atoms with Crippen LogP contribution in [-0.2, 0) is 18.9 Å². The van der Waals surface area contributed by atoms with Crippen LogP contribution in [0.15, 0.2) is 0 Å². The number of carboxylic acids is 3. The van der Waals surface area contributed by atoms with Crippen molar-refractivity contribution in [3.8, 4) is 0 Å². The van der Waals surface area contributed by atoms with Crippen molar-refractivity contribution in [3.63, 3.8) is 0 Å². The molecule has 4 atom stereocenters. The van der Waals surface area contributed by atoms with Gasteiger partial charge in [-0.05, 0) is 19.3 Å². The smallest absolute Gasteiger partial charge is 0.320 e. The SMILES string of the molecule is NC(CCCCC(CP(=O)(O)C(N)CCC(=O)O)C(=O)O)C(=O)O. The first kappa shape index (κ1) is 22.5. The highest BCUT2D eigenvalue weighted by atomic mass is 31.2. The zero-order chi connectivity index (χ0) is 18.9. The van der Waals surface area contributed by atoms with E-state index in [9.17, 15) is 23.8 Å². The molecule has 0 radical (unpaired) electrons. The molecule has 140 valence electrons. The molecular formula is C13H25N2O8P. The minimum absolute atomic E-state index is 0.0812. The third kappa shape index (κ3) is 8.97. The molecule has 4 unspecified atom stereocenters. The van der Waals surface area contributed by atoms with Crippen LogP contribution in [0.2, 0.25) is 0 Å². The Labute approximate surface area is 139 Å². The molecule has 0 aromatic carbocycles. The molecule has 0 amide bonds. The molecule has 11 heteroatoms. The van der Waals surface area contributed by atoms with Gasteiger partial charge < -0.3 is 31.7 Å². The summed E-state index contributed by atoms with van der Waals surface area (Å²) in [5, 5.41) is 26.3. The van der Waals surface area contributed by atoms with E-state index in [1.54, 1.807) is 0 Å². The quantitative estimate of drug-likeness (QED) is 0.191. The third-order valence-electron chi connectivity index (χ3n) is 3.64. The van der Waals surface area contributed by atoms with Crippen molar-refractivity contribution >= 4 is 25.3 Å². The molecule has 24 heavy (non-hydrogen) atoms. The van der Waals surface area contributed by atoms with E-state index in [1.807, 2.05) is 0 Å². The van der Waals surface area contributed by atoms with Crippen LogP contribution >= 0.6 is 7.37 Å². The lowest BCUT2D eigenvalue weighted by atomic mass is 10.0. The summed E-state index contributed by atoms with van der Waals surface area (Å²) in [7, 11) is -4.02. The third-order valence-corrected chi connectivity index (χ3v) is 5.90. The fourth-order valence-corrected chi connectivity index (χ4v) is 3.87. The van der Waals surface area contributed by atoms with E-state index in [1.165, 1.54) is 0 Å². The number of carboxylic acid groups (broad SMARTS) is 3. The molecule has 0 heterocycles. The second-order valence-corrected chi connectivity index (χ2v) is 8.24. The fourth-order valence-electron chi connectivity index (χ4n) is 2.10. The summed E-state index contributed by atoms with van der Waals surface area (Å²) in [4.78, 5) is 42.2. The Balaban J connectivity index is 4.50. The van der Waals surface area contributed by atoms with Crippen LogP contribution < -0.4 is 11.5 Å². The van der Waals surface area contributed by atoms with Crippen molar-refractivity contribution in [2.24, 2.45) is 17.4 Å². The minimum Gasteiger partial charge on any atom is -0.481 e. The number of hydrogen-bond donors (Lipinski definition) is 6. The van der Waals surface area contributed by atoms with Gasteiger partial charge in [-0.15, -0.1) is 0 Å². The maximum Gasteiger partial charge on any atom is 0.320 e. The van der Waals surface area contributed by atoms with Gasteiger partial charge in [-0.1, -0.05) is 12.8 Å². The van der Waals surface area contributed by atoms with Crippen LogP contribution in [0.1, 0.15) is 38.5 Å². The molecule has 0 spiro atoms. The molecule has 8 N–H and O–H groups in total. The van der Waals surface area contributed by atoms with Crippen molar-refractivity contribution in [2.45, 2.75) is 50.3 Å². The van der Waals surface area contributed by atoms with Gasteiger partial charge in [-0.25, -0.2) is 0 Å². The van der Waals surface area contributed by atoms with Crippen LogP contribution in [0.25, 0.3) is 0 Å². The highest BCUT2D eigenvalue weighted by Crippen LogP contribution is 2.48. The summed E-state index contributed by atoms with van der Waals surface area (Å²) in [6.45, 7) is 0. The van der Waals surface area contributed by atoms with Gasteiger partial charge in [-0.3, -0.25) is 18.9 Å². The van der Waals surface area contributed by atoms with Crippen LogP contribution in [0, 0.1) is 5.92 Å². The summed E-state index contributed by atoms with van der Waals surface area (Å²) < 4.78 is 12.1. The van der Waals surface area contributed by atoms with Crippen LogP contribution in [0.3, 0.4) is 0 Å². The maximum atomic E-state index is 12.1. The Morgan fingerprint density at radius 3 is 1.92 bits per heavy atom. The number of nitrogens with two attached hydrogens (primary N) is 2. The van der Waals surface area contributed by atoms with E-state index in [0.717, 1.165) is 0 Å². The number of hydrogen-bond acceptors (Lipinski definition) is 6. The maximum absolute atomic E-state index is 12.1. The predicted octanol–water partition coefficient (Wildman–Crippen LogP) is 0.0795. The summed E-state index contributed by atoms with van der Waals surface area (Å²) in [6.07, 6.45) is -0.178. The predicted molar refractivity (Wildman–Crippen MR) is 84.7 cm³/mol. The minimum atomic E-state index is -4.02. The van der Waals surface area contributed by atoms with Crippen LogP contribution in [-0.4, -0.2) is 56.1 Å². The van der Waals surface area contributed by atoms with E-state index < -0.39 is 49.2 Å². The van der Waals surface area contributed by atoms with Gasteiger partial charge in [0.05, 0.1) is 11.7 Å². The number of aliphatic carboxylic acids is 3. The standard InChI is InChI=1S/C13H25N2O8P/c14-9(13(20)21)4-2-1-3-8(12(18)19)7-24(22,23)10(15)5-6-11(16)17/h8-10H,1-7,14-15H2,(H,16,17)(H,18,19)(H,20,21)(H,22,23). The normalized spacial score (nSPS) is 17.5. The summed E-state index contributed by atoms with van der Waals surface area (Å²) in [5.74, 6) is -5.96. The zero-order valence-electron chi connectivity index (χ0n) is 13.2. The monoisotopic (exact) mass is 368 g/mol. The van der Waals surface area contributed by atoms with E-state index in [2.05, 4.69) is 0 Å². The van der Waals surface area contributed by atoms with E-state index in [0.29, 0.717) is 12.8 Å². The van der Waals surface area contributed by atoms with Crippen LogP contribution in [0.5, 0.6) is 0 Å². The highest BCUT2D eigenvalue weighted by Gasteiger charge is 2.34. The van der Waals surface area contributed by atoms with Crippen LogP contribution in [0.4, 0.5) is 0 Å². The van der Waals surface area contributed by atoms with Gasteiger partial charge in [0.2, 0.25) is 7.37 Å². The average molecular weight is 368 g/mol. The van der Waals surface area contributed by atoms with Gasteiger partial charge in [0.15, 0.2) is 0 Å². The molecule has 0 aliphatic carbocycles. The van der Waals surface area contributed by atoms with Crippen molar-refractivity contribution in [1.82, 2.24) is 0 Å². The van der Waals surface area contributed by atoms with Gasteiger partial charge in [-0.2, -0.15) is 0 Å². The fraction of sp³-hybridized carbons (Fsp3) is 0.769. The summed E-state index contributed by atoms with van der Waals surface area (Å²) in [5.41, 5.74) is 10.9. The topological polar surface area (TPSA) is 201 Å². The molecule has 0 rings (SSSR count). The lowest BCUT2D eigenvalue weighted by Crippen LogP contribution is -2.30. The van der Waals surface area contributed by atoms with Gasteiger partial charge in [0, 0.05) is 12.6 Å². The van der Waals surface area contributed by atoms with Gasteiger partial charge in [0.25, 0.3) is 0 Å². The zero-order valence-corrected chi connectivity index (χ0v) is 14.1. The average Bonchev–Trinajstić information content (AvgIpc) is 2.46. The first-order valence-electron chi connectivity index (χ1n) is 7.47. The lowest BCUT2D eigenvalue weighted by molar-refractivity contribution is -0.141. The Morgan fingerprint density at radius 1 is 0.917 bits per heavy atom. The molecule has 0 saturated heterocycles. The van der Waals surface area contributed by atoms with E-state index >= 15 is 0 Å². The second-order valence-electron chi connectivity index (χ2n) is 5.70. The first-order valence-corrected chi connectivity index (χ1v) is 9.38. The second kappa shape index (κ2) is 10.4. The molecule has 0 saturated carbocycles. The number of rotatable bonds is 13. The Morgan fingerprint density at radius 2 is 1.46 bits per heavy atom. The molecule has 0 aliphatic rings. The van der Waals surface area contributed by atoms with Gasteiger partial charge >= 0.3 is 17.9 Å². The molecule has 0 aromatic rings. The Hall–Kier alpha value is -1.48. The van der Waals surface area contributed by atoms with Crippen molar-refractivity contribution in [2.75, 3.05) is 6.16 Å². The highest BCUT2D eigenvalue weighted by molar-refractivity contribution is 7.58. The molecule has 0 bridgehead atoms. The van der Waals surface area contributed by atoms with Crippen molar-refractivity contribution in [3.05, 3.63) is 0 Å². The van der Waals surface area contributed by atoms with E-state index in [-0.39, 0.29) is 25.7 Å². The number of unbranched alkanes of at least 4 members (excludes halogenated alkanes) is 1. The Kier molecular flexibility index (Phi) is 9.76. The summed E-state index contributed by atoms with van der Waals surface area (Å²) in [6, 6.07) is -1.03. The molecule has 10 nitrogen and oxygen atoms in total. The van der Waals surface area contributed by atoms with Gasteiger partial charge in [0.1, 0.15) is 6.04 Å². The van der Waals surface area contributed by atoms with Crippen molar-refractivity contribution < 1.29 is 39.2 Å². The lowest BCUT2D eigenvalue weighted by Gasteiger charge is -2.22. The number of carbonyl (C=O) groups is 3. The van der Waals surface area contributed by atoms with Crippen molar-refractivity contribution in [1.29, 1.82) is 0 Å². The molecule has 0 fully saturated rings. The molecule has 0 aliphatic heterocycles. The molecular weight excluding hydrogens is 343 g/mol. The summed E-state index contributed by atoms with van der Waals surface area (Å²) >= 11 is 0. The molecule has 0 aromatic heterocycles. The largest absolute Gasteiger partial charge is 0.481 e. The van der Waals surface area contributed by atoms with E-state index in [4.69, 9.17) is 26.8 Å². The first-order chi connectivity index (χ1) is 11.0. The Bertz CT molecular complexity index is 498.